The first kappa shape index (κ1) is 12.2. The summed E-state index contributed by atoms with van der Waals surface area (Å²) >= 11 is 5.77. The van der Waals surface area contributed by atoms with E-state index >= 15 is 0 Å². The van der Waals surface area contributed by atoms with Crippen molar-refractivity contribution < 1.29 is 14.2 Å². The highest BCUT2D eigenvalue weighted by Crippen LogP contribution is 2.24. The summed E-state index contributed by atoms with van der Waals surface area (Å²) in [5.41, 5.74) is 0. The molecule has 3 nitrogen and oxygen atoms in total. The van der Waals surface area contributed by atoms with Gasteiger partial charge in [0.15, 0.2) is 0 Å². The Kier molecular flexibility index (Phi) is 4.81. The summed E-state index contributed by atoms with van der Waals surface area (Å²) in [4.78, 5) is 0. The first-order chi connectivity index (χ1) is 7.13. The largest absolute Gasteiger partial charge is 0.489 e. The number of benzene rings is 1. The molecule has 0 fully saturated rings. The maximum Gasteiger partial charge on any atom is 0.140 e. The van der Waals surface area contributed by atoms with Crippen molar-refractivity contribution in [2.45, 2.75) is 6.10 Å². The second kappa shape index (κ2) is 5.90. The molecule has 0 bridgehead atoms. The number of hydrogen-bond acceptors (Lipinski definition) is 3. The third kappa shape index (κ3) is 4.03. The van der Waals surface area contributed by atoms with Crippen molar-refractivity contribution >= 4 is 11.6 Å². The van der Waals surface area contributed by atoms with E-state index in [1.54, 1.807) is 7.05 Å². The van der Waals surface area contributed by atoms with Crippen LogP contribution in [0.15, 0.2) is 18.2 Å². The number of aliphatic hydroxyl groups excluding tert-OH is 1. The lowest BCUT2D eigenvalue weighted by Gasteiger charge is -2.12. The second-order valence-electron chi connectivity index (χ2n) is 3.10. The predicted octanol–water partition coefficient (Wildman–Crippen LogP) is 1.44. The third-order valence-corrected chi connectivity index (χ3v) is 2.08. The fraction of sp³-hybridized carbons (Fsp3) is 0.400. The van der Waals surface area contributed by atoms with Gasteiger partial charge >= 0.3 is 0 Å². The SMILES string of the molecule is CNCC(O)COc1cc(F)ccc1Cl. The molecule has 0 amide bonds. The summed E-state index contributed by atoms with van der Waals surface area (Å²) in [6.45, 7) is 0.483. The van der Waals surface area contributed by atoms with E-state index in [0.717, 1.165) is 0 Å². The third-order valence-electron chi connectivity index (χ3n) is 1.76. The predicted molar refractivity (Wildman–Crippen MR) is 56.8 cm³/mol. The number of hydrogen-bond donors (Lipinski definition) is 2. The number of rotatable bonds is 5. The van der Waals surface area contributed by atoms with Gasteiger partial charge in [-0.3, -0.25) is 0 Å². The summed E-state index contributed by atoms with van der Waals surface area (Å²) in [7, 11) is 1.72. The molecule has 0 saturated carbocycles. The van der Waals surface area contributed by atoms with E-state index in [1.807, 2.05) is 0 Å². The van der Waals surface area contributed by atoms with E-state index in [4.69, 9.17) is 16.3 Å². The Morgan fingerprint density at radius 2 is 2.33 bits per heavy atom. The molecule has 0 radical (unpaired) electrons. The van der Waals surface area contributed by atoms with Crippen LogP contribution in [0.5, 0.6) is 5.75 Å². The molecule has 0 saturated heterocycles. The molecule has 5 heteroatoms. The zero-order valence-corrected chi connectivity index (χ0v) is 9.09. The van der Waals surface area contributed by atoms with Crippen molar-refractivity contribution in [3.63, 3.8) is 0 Å². The molecule has 1 rings (SSSR count). The average molecular weight is 234 g/mol. The van der Waals surface area contributed by atoms with Gasteiger partial charge < -0.3 is 15.2 Å². The van der Waals surface area contributed by atoms with Crippen LogP contribution in [0.4, 0.5) is 4.39 Å². The summed E-state index contributed by atoms with van der Waals surface area (Å²) < 4.78 is 18.0. The minimum Gasteiger partial charge on any atom is -0.489 e. The van der Waals surface area contributed by atoms with Gasteiger partial charge in [0.2, 0.25) is 0 Å². The van der Waals surface area contributed by atoms with E-state index < -0.39 is 11.9 Å². The van der Waals surface area contributed by atoms with Crippen molar-refractivity contribution in [2.75, 3.05) is 20.2 Å². The summed E-state index contributed by atoms with van der Waals surface area (Å²) in [5.74, 6) is -0.177. The lowest BCUT2D eigenvalue weighted by molar-refractivity contribution is 0.108. The fourth-order valence-corrected chi connectivity index (χ4v) is 1.24. The van der Waals surface area contributed by atoms with Gasteiger partial charge in [-0.2, -0.15) is 0 Å². The Morgan fingerprint density at radius 1 is 1.60 bits per heavy atom. The van der Waals surface area contributed by atoms with E-state index in [9.17, 15) is 9.50 Å². The molecule has 84 valence electrons. The van der Waals surface area contributed by atoms with Gasteiger partial charge in [-0.25, -0.2) is 4.39 Å². The molecular formula is C10H13ClFNO2. The van der Waals surface area contributed by atoms with E-state index in [-0.39, 0.29) is 12.4 Å². The van der Waals surface area contributed by atoms with Crippen LogP contribution in [0, 0.1) is 5.82 Å². The summed E-state index contributed by atoms with van der Waals surface area (Å²) in [6, 6.07) is 3.85. The normalized spacial score (nSPS) is 12.5. The molecular weight excluding hydrogens is 221 g/mol. The van der Waals surface area contributed by atoms with Crippen LogP contribution < -0.4 is 10.1 Å². The Hall–Kier alpha value is -0.840. The van der Waals surface area contributed by atoms with Gasteiger partial charge in [0, 0.05) is 12.6 Å². The van der Waals surface area contributed by atoms with Gasteiger partial charge in [0.1, 0.15) is 24.3 Å². The van der Waals surface area contributed by atoms with Crippen LogP contribution in [-0.4, -0.2) is 31.4 Å². The van der Waals surface area contributed by atoms with Crippen LogP contribution in [0.2, 0.25) is 5.02 Å². The molecule has 0 aliphatic carbocycles. The molecule has 1 atom stereocenters. The molecule has 0 aliphatic heterocycles. The standard InChI is InChI=1S/C10H13ClFNO2/c1-13-5-8(14)6-15-10-4-7(12)2-3-9(10)11/h2-4,8,13-14H,5-6H2,1H3. The Morgan fingerprint density at radius 3 is 3.00 bits per heavy atom. The molecule has 0 aliphatic rings. The molecule has 0 spiro atoms. The van der Waals surface area contributed by atoms with Crippen molar-refractivity contribution in [1.82, 2.24) is 5.32 Å². The van der Waals surface area contributed by atoms with Gasteiger partial charge in [-0.05, 0) is 19.2 Å². The van der Waals surface area contributed by atoms with Crippen molar-refractivity contribution in [2.24, 2.45) is 0 Å². The van der Waals surface area contributed by atoms with E-state index in [0.29, 0.717) is 11.6 Å². The second-order valence-corrected chi connectivity index (χ2v) is 3.50. The zero-order valence-electron chi connectivity index (χ0n) is 8.34. The molecule has 1 unspecified atom stereocenters. The van der Waals surface area contributed by atoms with Gasteiger partial charge in [-0.1, -0.05) is 11.6 Å². The lowest BCUT2D eigenvalue weighted by atomic mass is 10.3. The van der Waals surface area contributed by atoms with Crippen LogP contribution in [0.1, 0.15) is 0 Å². The molecule has 1 aromatic carbocycles. The Bertz CT molecular complexity index is 322. The number of nitrogens with one attached hydrogen (secondary N) is 1. The summed E-state index contributed by atoms with van der Waals surface area (Å²) in [6.07, 6.45) is -0.644. The average Bonchev–Trinajstić information content (AvgIpc) is 2.20. The van der Waals surface area contributed by atoms with Crippen LogP contribution in [-0.2, 0) is 0 Å². The number of likely N-dealkylation sites (N-methyl/N-ethyl adjacent to an activating group) is 1. The number of aliphatic hydroxyl groups is 1. The van der Waals surface area contributed by atoms with Crippen LogP contribution in [0.3, 0.4) is 0 Å². The fourth-order valence-electron chi connectivity index (χ4n) is 1.07. The highest BCUT2D eigenvalue weighted by molar-refractivity contribution is 6.32. The van der Waals surface area contributed by atoms with Crippen LogP contribution >= 0.6 is 11.6 Å². The number of halogens is 2. The highest BCUT2D eigenvalue weighted by atomic mass is 35.5. The smallest absolute Gasteiger partial charge is 0.140 e. The zero-order chi connectivity index (χ0) is 11.3. The van der Waals surface area contributed by atoms with Crippen molar-refractivity contribution in [3.8, 4) is 5.75 Å². The minimum atomic E-state index is -0.644. The molecule has 2 N–H and O–H groups in total. The maximum absolute atomic E-state index is 12.8. The molecule has 0 heterocycles. The quantitative estimate of drug-likeness (QED) is 0.809. The van der Waals surface area contributed by atoms with E-state index in [2.05, 4.69) is 5.32 Å². The maximum atomic E-state index is 12.8. The Balaban J connectivity index is 2.53. The topological polar surface area (TPSA) is 41.5 Å². The van der Waals surface area contributed by atoms with Crippen LogP contribution in [0.25, 0.3) is 0 Å². The van der Waals surface area contributed by atoms with Crippen molar-refractivity contribution in [1.29, 1.82) is 0 Å². The Labute approximate surface area is 92.8 Å². The first-order valence-corrected chi connectivity index (χ1v) is 4.92. The van der Waals surface area contributed by atoms with E-state index in [1.165, 1.54) is 18.2 Å². The van der Waals surface area contributed by atoms with Gasteiger partial charge in [-0.15, -0.1) is 0 Å². The lowest BCUT2D eigenvalue weighted by Crippen LogP contribution is -2.29. The highest BCUT2D eigenvalue weighted by Gasteiger charge is 2.07. The monoisotopic (exact) mass is 233 g/mol. The first-order valence-electron chi connectivity index (χ1n) is 4.54. The summed E-state index contributed by atoms with van der Waals surface area (Å²) in [5, 5.41) is 12.5. The van der Waals surface area contributed by atoms with Crippen molar-refractivity contribution in [3.05, 3.63) is 29.0 Å². The van der Waals surface area contributed by atoms with Gasteiger partial charge in [0.25, 0.3) is 0 Å². The minimum absolute atomic E-state index is 0.0734. The van der Waals surface area contributed by atoms with Gasteiger partial charge in [0.05, 0.1) is 5.02 Å². The number of ether oxygens (including phenoxy) is 1. The molecule has 15 heavy (non-hydrogen) atoms. The molecule has 0 aromatic heterocycles. The molecule has 1 aromatic rings.